The fraction of sp³-hybridized carbons (Fsp3) is 0.672. The van der Waals surface area contributed by atoms with Gasteiger partial charge >= 0.3 is 25.7 Å². The highest BCUT2D eigenvalue weighted by molar-refractivity contribution is 7.47. The normalized spacial score (nSPS) is 14.1. The molecule has 0 spiro atoms. The van der Waals surface area contributed by atoms with Crippen molar-refractivity contribution in [1.82, 2.24) is 0 Å². The number of hydrogen-bond donors (Lipinski definition) is 2. The van der Waals surface area contributed by atoms with Crippen LogP contribution in [0.1, 0.15) is 239 Å². The Labute approximate surface area is 463 Å². The maximum Gasteiger partial charge on any atom is 0.472 e. The minimum atomic E-state index is -4.78. The molecular formula is C64H107O11P. The number of allylic oxidation sites excluding steroid dienone is 18. The molecule has 0 saturated carbocycles. The Morgan fingerprint density at radius 1 is 0.382 bits per heavy atom. The topological polar surface area (TPSA) is 155 Å². The summed E-state index contributed by atoms with van der Waals surface area (Å²) < 4.78 is 39.4. The number of aliphatic hydroxyl groups is 1. The van der Waals surface area contributed by atoms with Gasteiger partial charge in [0.1, 0.15) is 12.7 Å². The summed E-state index contributed by atoms with van der Waals surface area (Å²) >= 11 is 0. The lowest BCUT2D eigenvalue weighted by atomic mass is 10.0. The predicted molar refractivity (Wildman–Crippen MR) is 316 cm³/mol. The number of carbonyl (C=O) groups is 3. The van der Waals surface area contributed by atoms with Gasteiger partial charge < -0.3 is 24.2 Å². The van der Waals surface area contributed by atoms with Crippen LogP contribution in [0.3, 0.4) is 0 Å². The van der Waals surface area contributed by atoms with Gasteiger partial charge in [-0.05, 0) is 89.9 Å². The molecule has 0 aliphatic heterocycles. The highest BCUT2D eigenvalue weighted by Crippen LogP contribution is 2.43. The van der Waals surface area contributed by atoms with Crippen LogP contribution in [0.15, 0.2) is 109 Å². The molecule has 0 amide bonds. The van der Waals surface area contributed by atoms with E-state index < -0.39 is 57.8 Å². The summed E-state index contributed by atoms with van der Waals surface area (Å²) in [6.07, 6.45) is 69.2. The van der Waals surface area contributed by atoms with Gasteiger partial charge in [0.05, 0.1) is 19.8 Å². The molecule has 3 unspecified atom stereocenters. The molecule has 0 aromatic heterocycles. The molecule has 0 saturated heterocycles. The van der Waals surface area contributed by atoms with Crippen molar-refractivity contribution in [2.75, 3.05) is 26.4 Å². The number of phosphoric acid groups is 1. The largest absolute Gasteiger partial charge is 0.472 e. The summed E-state index contributed by atoms with van der Waals surface area (Å²) in [5, 5.41) is 9.81. The first-order valence-electron chi connectivity index (χ1n) is 29.8. The fourth-order valence-corrected chi connectivity index (χ4v) is 8.53. The third-order valence-corrected chi connectivity index (χ3v) is 13.2. The highest BCUT2D eigenvalue weighted by Gasteiger charge is 2.28. The van der Waals surface area contributed by atoms with E-state index in [1.165, 1.54) is 83.5 Å². The Bertz CT molecular complexity index is 1690. The van der Waals surface area contributed by atoms with Crippen molar-refractivity contribution in [3.05, 3.63) is 109 Å². The molecule has 0 fully saturated rings. The van der Waals surface area contributed by atoms with Gasteiger partial charge in [0.2, 0.25) is 0 Å². The standard InChI is InChI=1S/C64H107O11P/c1-4-7-10-13-16-19-22-25-27-29-30-32-33-36-38-41-44-47-50-53-62(66)71-57-61(75-64(68)55-52-49-46-43-40-37-34-31-28-26-23-20-17-14-11-8-5-2)59-73-76(69,70)72-58-60(56-65)74-63(67)54-51-48-45-42-39-35-24-21-18-15-12-9-6-3/h7,9-10,12,16,18-19,21,25,27,30,32,35-36,38-39,44,47,60-61,65H,4-6,8,11,13-15,17,20,22-24,26,28-29,31,33-34,37,40-43,45-46,48-59H2,1-3H3,(H,69,70)/b10-7-,12-9-,19-16-,21-18-,27-25-,32-30-,38-36-,39-35-,47-44-. The molecule has 434 valence electrons. The second-order valence-corrected chi connectivity index (χ2v) is 20.9. The van der Waals surface area contributed by atoms with Gasteiger partial charge in [-0.15, -0.1) is 0 Å². The molecule has 0 rings (SSSR count). The van der Waals surface area contributed by atoms with Crippen LogP contribution in [0, 0.1) is 0 Å². The number of carbonyl (C=O) groups excluding carboxylic acids is 3. The molecule has 0 bridgehead atoms. The smallest absolute Gasteiger partial charge is 0.462 e. The van der Waals surface area contributed by atoms with Crippen LogP contribution in [-0.4, -0.2) is 66.5 Å². The van der Waals surface area contributed by atoms with Crippen molar-refractivity contribution >= 4 is 25.7 Å². The lowest BCUT2D eigenvalue weighted by Crippen LogP contribution is -2.30. The Kier molecular flexibility index (Phi) is 54.4. The molecule has 2 N–H and O–H groups in total. The first-order valence-corrected chi connectivity index (χ1v) is 31.3. The van der Waals surface area contributed by atoms with Gasteiger partial charge in [0.15, 0.2) is 6.10 Å². The second-order valence-electron chi connectivity index (χ2n) is 19.4. The third kappa shape index (κ3) is 54.9. The van der Waals surface area contributed by atoms with Crippen molar-refractivity contribution in [1.29, 1.82) is 0 Å². The van der Waals surface area contributed by atoms with E-state index in [9.17, 15) is 28.9 Å². The molecule has 0 heterocycles. The van der Waals surface area contributed by atoms with Crippen LogP contribution in [0.2, 0.25) is 0 Å². The minimum Gasteiger partial charge on any atom is -0.462 e. The van der Waals surface area contributed by atoms with Crippen LogP contribution < -0.4 is 0 Å². The number of ether oxygens (including phenoxy) is 3. The number of hydrogen-bond acceptors (Lipinski definition) is 10. The lowest BCUT2D eigenvalue weighted by Gasteiger charge is -2.21. The molecule has 0 aliphatic rings. The maximum atomic E-state index is 12.9. The van der Waals surface area contributed by atoms with Gasteiger partial charge in [-0.1, -0.05) is 239 Å². The van der Waals surface area contributed by atoms with Crippen LogP contribution in [0.4, 0.5) is 0 Å². The zero-order valence-electron chi connectivity index (χ0n) is 47.9. The van der Waals surface area contributed by atoms with Crippen LogP contribution >= 0.6 is 7.82 Å². The average Bonchev–Trinajstić information content (AvgIpc) is 3.41. The SMILES string of the molecule is CC/C=C\C/C=C\C/C=C\C/C=C\C/C=C\C/C=C\CCC(=O)OCC(COP(=O)(O)OCC(CO)OC(=O)CCCCC/C=C\C/C=C\C/C=C\CC)OC(=O)CCCCCCCCCCCCCCCCCCC. The first kappa shape index (κ1) is 72.1. The van der Waals surface area contributed by atoms with E-state index in [0.717, 1.165) is 96.3 Å². The van der Waals surface area contributed by atoms with Crippen molar-refractivity contribution in [2.45, 2.75) is 251 Å². The molecule has 0 aromatic rings. The molecule has 12 heteroatoms. The number of rotatable bonds is 54. The molecule has 3 atom stereocenters. The molecule has 11 nitrogen and oxygen atoms in total. The summed E-state index contributed by atoms with van der Waals surface area (Å²) in [6, 6.07) is 0. The monoisotopic (exact) mass is 1080 g/mol. The van der Waals surface area contributed by atoms with E-state index in [-0.39, 0.29) is 25.9 Å². The van der Waals surface area contributed by atoms with Gasteiger partial charge in [0.25, 0.3) is 0 Å². The number of esters is 3. The van der Waals surface area contributed by atoms with E-state index in [1.54, 1.807) is 0 Å². The van der Waals surface area contributed by atoms with Crippen LogP contribution in [0.5, 0.6) is 0 Å². The van der Waals surface area contributed by atoms with Gasteiger partial charge in [-0.25, -0.2) is 4.57 Å². The van der Waals surface area contributed by atoms with E-state index in [1.807, 2.05) is 12.2 Å². The molecule has 0 radical (unpaired) electrons. The maximum absolute atomic E-state index is 12.9. The molecule has 0 aromatic carbocycles. The lowest BCUT2D eigenvalue weighted by molar-refractivity contribution is -0.161. The zero-order valence-corrected chi connectivity index (χ0v) is 48.8. The molecular weight excluding hydrogens is 976 g/mol. The average molecular weight is 1080 g/mol. The van der Waals surface area contributed by atoms with Crippen molar-refractivity contribution in [3.8, 4) is 0 Å². The van der Waals surface area contributed by atoms with E-state index >= 15 is 0 Å². The van der Waals surface area contributed by atoms with Crippen molar-refractivity contribution in [2.24, 2.45) is 0 Å². The van der Waals surface area contributed by atoms with Gasteiger partial charge in [-0.2, -0.15) is 0 Å². The molecule has 0 aliphatic carbocycles. The van der Waals surface area contributed by atoms with Crippen LogP contribution in [0.25, 0.3) is 0 Å². The summed E-state index contributed by atoms with van der Waals surface area (Å²) in [4.78, 5) is 48.5. The van der Waals surface area contributed by atoms with Crippen LogP contribution in [-0.2, 0) is 42.2 Å². The summed E-state index contributed by atoms with van der Waals surface area (Å²) in [7, 11) is -4.78. The van der Waals surface area contributed by atoms with Crippen molar-refractivity contribution < 1.29 is 52.2 Å². The summed E-state index contributed by atoms with van der Waals surface area (Å²) in [5.74, 6) is -1.60. The predicted octanol–water partition coefficient (Wildman–Crippen LogP) is 17.8. The Morgan fingerprint density at radius 3 is 1.11 bits per heavy atom. The first-order chi connectivity index (χ1) is 37.2. The summed E-state index contributed by atoms with van der Waals surface area (Å²) in [5.41, 5.74) is 0. The summed E-state index contributed by atoms with van der Waals surface area (Å²) in [6.45, 7) is 4.31. The van der Waals surface area contributed by atoms with Gasteiger partial charge in [-0.3, -0.25) is 23.4 Å². The number of phosphoric ester groups is 1. The Balaban J connectivity index is 4.85. The van der Waals surface area contributed by atoms with E-state index in [4.69, 9.17) is 23.3 Å². The Hall–Kier alpha value is -3.86. The van der Waals surface area contributed by atoms with E-state index in [0.29, 0.717) is 19.3 Å². The highest BCUT2D eigenvalue weighted by atomic mass is 31.2. The fourth-order valence-electron chi connectivity index (χ4n) is 7.75. The second kappa shape index (κ2) is 57.3. The molecule has 76 heavy (non-hydrogen) atoms. The number of aliphatic hydroxyl groups excluding tert-OH is 1. The number of unbranched alkanes of at least 4 members (excludes halogenated alkanes) is 19. The minimum absolute atomic E-state index is 0.0962. The quantitative estimate of drug-likeness (QED) is 0.0197. The Morgan fingerprint density at radius 2 is 0.711 bits per heavy atom. The van der Waals surface area contributed by atoms with Gasteiger partial charge in [0, 0.05) is 19.3 Å². The zero-order chi connectivity index (χ0) is 55.5. The third-order valence-electron chi connectivity index (χ3n) is 12.2. The van der Waals surface area contributed by atoms with Crippen molar-refractivity contribution in [3.63, 3.8) is 0 Å². The van der Waals surface area contributed by atoms with E-state index in [2.05, 4.69) is 118 Å².